The number of hydrogen-bond acceptors (Lipinski definition) is 5. The second-order valence-corrected chi connectivity index (χ2v) is 8.29. The monoisotopic (exact) mass is 474 g/mol. The summed E-state index contributed by atoms with van der Waals surface area (Å²) in [5, 5.41) is 27.3. The highest BCUT2D eigenvalue weighted by atomic mass is 35.5. The van der Waals surface area contributed by atoms with Crippen LogP contribution in [-0.2, 0) is 11.3 Å². The zero-order chi connectivity index (χ0) is 24.1. The molecule has 1 aromatic heterocycles. The Labute approximate surface area is 195 Å². The number of aliphatic hydroxyl groups excluding tert-OH is 1. The van der Waals surface area contributed by atoms with Crippen LogP contribution in [0.25, 0.3) is 11.1 Å². The van der Waals surface area contributed by atoms with Gasteiger partial charge in [0.15, 0.2) is 6.10 Å². The molecule has 4 N–H and O–H groups in total. The first-order valence-corrected chi connectivity index (χ1v) is 10.6. The summed E-state index contributed by atoms with van der Waals surface area (Å²) in [6.07, 6.45) is -1.71. The normalized spacial score (nSPS) is 12.2. The number of carbonyl (C=O) groups is 2. The highest BCUT2D eigenvalue weighted by molar-refractivity contribution is 6.30. The lowest BCUT2D eigenvalue weighted by molar-refractivity contribution is -0.148. The molecule has 3 rings (SSSR count). The summed E-state index contributed by atoms with van der Waals surface area (Å²) in [5.74, 6) is -2.23. The Morgan fingerprint density at radius 3 is 2.48 bits per heavy atom. The lowest BCUT2D eigenvalue weighted by Gasteiger charge is -2.24. The summed E-state index contributed by atoms with van der Waals surface area (Å²) in [7, 11) is 0. The van der Waals surface area contributed by atoms with Crippen LogP contribution in [0.5, 0.6) is 0 Å². The summed E-state index contributed by atoms with van der Waals surface area (Å²) in [4.78, 5) is 23.8. The summed E-state index contributed by atoms with van der Waals surface area (Å²) >= 11 is 5.97. The van der Waals surface area contributed by atoms with Crippen molar-refractivity contribution >= 4 is 23.5 Å². The largest absolute Gasteiger partial charge is 0.479 e. The van der Waals surface area contributed by atoms with Crippen molar-refractivity contribution in [3.05, 3.63) is 76.3 Å². The zero-order valence-corrected chi connectivity index (χ0v) is 18.8. The van der Waals surface area contributed by atoms with E-state index in [0.29, 0.717) is 27.4 Å². The first-order valence-electron chi connectivity index (χ1n) is 10.2. The van der Waals surface area contributed by atoms with Crippen molar-refractivity contribution < 1.29 is 24.2 Å². The van der Waals surface area contributed by atoms with Gasteiger partial charge < -0.3 is 10.2 Å². The van der Waals surface area contributed by atoms with Gasteiger partial charge in [-0.1, -0.05) is 49.7 Å². The van der Waals surface area contributed by atoms with E-state index in [1.54, 1.807) is 30.3 Å². The number of carboxylic acids is 1. The van der Waals surface area contributed by atoms with Crippen LogP contribution < -0.4 is 5.43 Å². The van der Waals surface area contributed by atoms with Crippen LogP contribution in [0.15, 0.2) is 48.5 Å². The van der Waals surface area contributed by atoms with Gasteiger partial charge in [0.2, 0.25) is 0 Å². The number of nitrogens with one attached hydrogen (secondary N) is 2. The Balaban J connectivity index is 1.77. The number of benzene rings is 2. The van der Waals surface area contributed by atoms with Gasteiger partial charge in [0.1, 0.15) is 11.5 Å². The van der Waals surface area contributed by atoms with Gasteiger partial charge in [-0.05, 0) is 41.3 Å². The molecule has 2 aromatic carbocycles. The molecule has 0 unspecified atom stereocenters. The van der Waals surface area contributed by atoms with Crippen molar-refractivity contribution in [3.8, 4) is 11.1 Å². The predicted octanol–water partition coefficient (Wildman–Crippen LogP) is 3.59. The summed E-state index contributed by atoms with van der Waals surface area (Å²) in [5.41, 5.74) is 5.18. The van der Waals surface area contributed by atoms with Gasteiger partial charge >= 0.3 is 5.97 Å². The molecule has 1 heterocycles. The first-order chi connectivity index (χ1) is 15.6. The van der Waals surface area contributed by atoms with Crippen molar-refractivity contribution in [1.82, 2.24) is 20.6 Å². The van der Waals surface area contributed by atoms with E-state index in [1.807, 2.05) is 13.8 Å². The van der Waals surface area contributed by atoms with Gasteiger partial charge in [0.05, 0.1) is 12.2 Å². The highest BCUT2D eigenvalue weighted by Crippen LogP contribution is 2.26. The van der Waals surface area contributed by atoms with E-state index in [1.165, 1.54) is 23.2 Å². The number of hydrogen-bond donors (Lipinski definition) is 4. The molecule has 0 fully saturated rings. The minimum atomic E-state index is -1.71. The molecule has 8 nitrogen and oxygen atoms in total. The van der Waals surface area contributed by atoms with Crippen LogP contribution in [0.2, 0.25) is 5.02 Å². The number of aliphatic hydroxyl groups is 1. The Kier molecular flexibility index (Phi) is 7.80. The van der Waals surface area contributed by atoms with Crippen LogP contribution in [0.1, 0.15) is 41.5 Å². The molecule has 0 saturated carbocycles. The fraction of sp³-hybridized carbons (Fsp3) is 0.261. The van der Waals surface area contributed by atoms with Gasteiger partial charge in [0, 0.05) is 17.1 Å². The van der Waals surface area contributed by atoms with Crippen LogP contribution in [0.4, 0.5) is 4.39 Å². The minimum absolute atomic E-state index is 0.0968. The number of aromatic amines is 1. The molecule has 0 aliphatic carbocycles. The molecule has 0 spiro atoms. The Bertz CT molecular complexity index is 1130. The lowest BCUT2D eigenvalue weighted by atomic mass is 10.0. The number of rotatable bonds is 9. The first kappa shape index (κ1) is 24.4. The number of carboxylic acid groups (broad SMARTS) is 1. The van der Waals surface area contributed by atoms with Crippen molar-refractivity contribution in [2.24, 2.45) is 0 Å². The minimum Gasteiger partial charge on any atom is -0.479 e. The SMILES string of the molecule is CC(C)c1cc(C(=O)NN(Cc2ccc(-c3cc(Cl)ccc3F)cc2)C[C@@H](O)C(=O)O)[nH]n1. The fourth-order valence-corrected chi connectivity index (χ4v) is 3.29. The van der Waals surface area contributed by atoms with Crippen LogP contribution >= 0.6 is 11.6 Å². The van der Waals surface area contributed by atoms with Crippen LogP contribution in [0.3, 0.4) is 0 Å². The molecule has 1 amide bonds. The third kappa shape index (κ3) is 6.38. The van der Waals surface area contributed by atoms with E-state index in [4.69, 9.17) is 16.7 Å². The quantitative estimate of drug-likeness (QED) is 0.352. The topological polar surface area (TPSA) is 119 Å². The maximum atomic E-state index is 14.1. The van der Waals surface area contributed by atoms with E-state index in [9.17, 15) is 19.1 Å². The molecule has 33 heavy (non-hydrogen) atoms. The van der Waals surface area contributed by atoms with E-state index in [2.05, 4.69) is 15.6 Å². The molecule has 0 saturated heterocycles. The van der Waals surface area contributed by atoms with Gasteiger partial charge in [-0.3, -0.25) is 15.3 Å². The number of carbonyl (C=O) groups excluding carboxylic acids is 1. The van der Waals surface area contributed by atoms with Gasteiger partial charge in [-0.2, -0.15) is 5.10 Å². The highest BCUT2D eigenvalue weighted by Gasteiger charge is 2.21. The number of hydrazine groups is 1. The number of nitrogens with zero attached hydrogens (tertiary/aromatic N) is 2. The molecule has 0 aliphatic heterocycles. The number of H-pyrrole nitrogens is 1. The smallest absolute Gasteiger partial charge is 0.333 e. The van der Waals surface area contributed by atoms with E-state index in [-0.39, 0.29) is 24.7 Å². The standard InChI is InChI=1S/C23H24ClFN4O4/c1-13(2)19-10-20(27-26-19)22(31)28-29(12-21(30)23(32)33)11-14-3-5-15(6-4-14)17-9-16(24)7-8-18(17)25/h3-10,13,21,30H,11-12H2,1-2H3,(H,26,27)(H,28,31)(H,32,33)/t21-/m1/s1. The van der Waals surface area contributed by atoms with Crippen LogP contribution in [0, 0.1) is 5.82 Å². The summed E-state index contributed by atoms with van der Waals surface area (Å²) in [6, 6.07) is 12.7. The molecule has 10 heteroatoms. The zero-order valence-electron chi connectivity index (χ0n) is 18.0. The molecular formula is C23H24ClFN4O4. The third-order valence-electron chi connectivity index (χ3n) is 4.94. The number of halogens is 2. The maximum Gasteiger partial charge on any atom is 0.333 e. The Hall–Kier alpha value is -3.27. The molecule has 0 aliphatic rings. The molecule has 0 radical (unpaired) electrons. The predicted molar refractivity (Wildman–Crippen MR) is 121 cm³/mol. The molecule has 1 atom stereocenters. The average molecular weight is 475 g/mol. The molecule has 3 aromatic rings. The third-order valence-corrected chi connectivity index (χ3v) is 5.17. The average Bonchev–Trinajstić information content (AvgIpc) is 3.27. The van der Waals surface area contributed by atoms with E-state index in [0.717, 1.165) is 0 Å². The second kappa shape index (κ2) is 10.6. The van der Waals surface area contributed by atoms with E-state index >= 15 is 0 Å². The van der Waals surface area contributed by atoms with Crippen molar-refractivity contribution in [3.63, 3.8) is 0 Å². The summed E-state index contributed by atoms with van der Waals surface area (Å²) < 4.78 is 14.1. The van der Waals surface area contributed by atoms with Crippen molar-refractivity contribution in [2.45, 2.75) is 32.4 Å². The van der Waals surface area contributed by atoms with Gasteiger partial charge in [-0.25, -0.2) is 14.2 Å². The van der Waals surface area contributed by atoms with Crippen LogP contribution in [-0.4, -0.2) is 49.9 Å². The number of amides is 1. The van der Waals surface area contributed by atoms with Gasteiger partial charge in [0.25, 0.3) is 5.91 Å². The molecule has 0 bridgehead atoms. The number of aromatic nitrogens is 2. The van der Waals surface area contributed by atoms with Gasteiger partial charge in [-0.15, -0.1) is 0 Å². The molecule has 174 valence electrons. The molecular weight excluding hydrogens is 451 g/mol. The Morgan fingerprint density at radius 2 is 1.88 bits per heavy atom. The maximum absolute atomic E-state index is 14.1. The Morgan fingerprint density at radius 1 is 1.18 bits per heavy atom. The number of aliphatic carboxylic acids is 1. The van der Waals surface area contributed by atoms with Crippen molar-refractivity contribution in [2.75, 3.05) is 6.54 Å². The summed E-state index contributed by atoms with van der Waals surface area (Å²) in [6.45, 7) is 3.62. The van der Waals surface area contributed by atoms with E-state index < -0.39 is 23.8 Å². The second-order valence-electron chi connectivity index (χ2n) is 7.86. The lowest BCUT2D eigenvalue weighted by Crippen LogP contribution is -2.47. The van der Waals surface area contributed by atoms with Crippen molar-refractivity contribution in [1.29, 1.82) is 0 Å². The fourth-order valence-electron chi connectivity index (χ4n) is 3.12.